The minimum absolute atomic E-state index is 0.607. The van der Waals surface area contributed by atoms with Gasteiger partial charge in [-0.1, -0.05) is 6.07 Å². The molecule has 80 valence electrons. The van der Waals surface area contributed by atoms with Crippen molar-refractivity contribution in [3.8, 4) is 16.6 Å². The van der Waals surface area contributed by atoms with Crippen LogP contribution in [0.3, 0.4) is 0 Å². The second-order valence-corrected chi connectivity index (χ2v) is 4.06. The van der Waals surface area contributed by atoms with Crippen molar-refractivity contribution in [2.45, 2.75) is 0 Å². The van der Waals surface area contributed by atoms with E-state index in [1.54, 1.807) is 17.8 Å². The van der Waals surface area contributed by atoms with E-state index in [-0.39, 0.29) is 0 Å². The molecule has 0 aliphatic carbocycles. The number of rotatable bonds is 2. The van der Waals surface area contributed by atoms with Crippen molar-refractivity contribution in [1.29, 1.82) is 0 Å². The minimum atomic E-state index is 0.607. The number of ether oxygens (including phenoxy) is 1. The monoisotopic (exact) mass is 232 g/mol. The molecule has 3 rings (SSSR count). The van der Waals surface area contributed by atoms with Gasteiger partial charge in [0.2, 0.25) is 4.96 Å². The maximum atomic E-state index is 5.03. The molecular formula is C10H8N4OS. The fourth-order valence-corrected chi connectivity index (χ4v) is 2.10. The third kappa shape index (κ3) is 1.43. The van der Waals surface area contributed by atoms with E-state index in [0.29, 0.717) is 5.19 Å². The van der Waals surface area contributed by atoms with Crippen LogP contribution in [-0.4, -0.2) is 26.7 Å². The lowest BCUT2D eigenvalue weighted by molar-refractivity contribution is 0.405. The maximum absolute atomic E-state index is 5.03. The number of nitrogens with zero attached hydrogens (tertiary/aromatic N) is 4. The fourth-order valence-electron chi connectivity index (χ4n) is 1.40. The Labute approximate surface area is 95.4 Å². The summed E-state index contributed by atoms with van der Waals surface area (Å²) in [5.41, 5.74) is 1.67. The van der Waals surface area contributed by atoms with Crippen molar-refractivity contribution < 1.29 is 4.74 Å². The molecule has 0 unspecified atom stereocenters. The van der Waals surface area contributed by atoms with Crippen LogP contribution in [0.4, 0.5) is 0 Å². The zero-order valence-electron chi connectivity index (χ0n) is 8.49. The highest BCUT2D eigenvalue weighted by atomic mass is 32.1. The number of aromatic nitrogens is 4. The lowest BCUT2D eigenvalue weighted by Gasteiger charge is -1.92. The van der Waals surface area contributed by atoms with Gasteiger partial charge in [-0.2, -0.15) is 0 Å². The third-order valence-corrected chi connectivity index (χ3v) is 3.01. The zero-order valence-corrected chi connectivity index (χ0v) is 9.31. The quantitative estimate of drug-likeness (QED) is 0.676. The summed E-state index contributed by atoms with van der Waals surface area (Å²) < 4.78 is 6.74. The van der Waals surface area contributed by atoms with Crippen LogP contribution in [0, 0.1) is 0 Å². The molecule has 3 heterocycles. The number of fused-ring (bicyclic) bond motifs is 1. The highest BCUT2D eigenvalue weighted by Crippen LogP contribution is 2.24. The molecular weight excluding hydrogens is 224 g/mol. The van der Waals surface area contributed by atoms with Gasteiger partial charge in [0.05, 0.1) is 19.0 Å². The van der Waals surface area contributed by atoms with Crippen LogP contribution < -0.4 is 4.74 Å². The van der Waals surface area contributed by atoms with Gasteiger partial charge in [-0.25, -0.2) is 9.50 Å². The predicted octanol–water partition coefficient (Wildman–Crippen LogP) is 1.86. The van der Waals surface area contributed by atoms with Gasteiger partial charge in [-0.3, -0.25) is 4.98 Å². The highest BCUT2D eigenvalue weighted by molar-refractivity contribution is 7.18. The molecule has 0 aromatic carbocycles. The lowest BCUT2D eigenvalue weighted by atomic mass is 10.3. The van der Waals surface area contributed by atoms with Gasteiger partial charge in [0, 0.05) is 6.20 Å². The van der Waals surface area contributed by atoms with Crippen molar-refractivity contribution in [3.05, 3.63) is 30.6 Å². The zero-order chi connectivity index (χ0) is 11.0. The van der Waals surface area contributed by atoms with Crippen molar-refractivity contribution in [1.82, 2.24) is 19.6 Å². The van der Waals surface area contributed by atoms with E-state index < -0.39 is 0 Å². The first-order valence-corrected chi connectivity index (χ1v) is 5.50. The van der Waals surface area contributed by atoms with Crippen LogP contribution >= 0.6 is 11.3 Å². The number of hydrogen-bond acceptors (Lipinski definition) is 5. The Balaban J connectivity index is 2.10. The van der Waals surface area contributed by atoms with E-state index in [9.17, 15) is 0 Å². The number of hydrogen-bond donors (Lipinski definition) is 0. The van der Waals surface area contributed by atoms with E-state index in [0.717, 1.165) is 16.3 Å². The van der Waals surface area contributed by atoms with Gasteiger partial charge in [0.25, 0.3) is 5.19 Å². The van der Waals surface area contributed by atoms with E-state index in [1.165, 1.54) is 11.3 Å². The number of methoxy groups -OCH3 is 1. The lowest BCUT2D eigenvalue weighted by Crippen LogP contribution is -1.84. The Morgan fingerprint density at radius 2 is 2.25 bits per heavy atom. The Morgan fingerprint density at radius 1 is 1.31 bits per heavy atom. The summed E-state index contributed by atoms with van der Waals surface area (Å²) >= 11 is 1.40. The van der Waals surface area contributed by atoms with Gasteiger partial charge in [0.1, 0.15) is 5.69 Å². The Hall–Kier alpha value is -1.95. The van der Waals surface area contributed by atoms with Crippen LogP contribution in [0.2, 0.25) is 0 Å². The second-order valence-electron chi connectivity index (χ2n) is 3.14. The van der Waals surface area contributed by atoms with Crippen molar-refractivity contribution >= 4 is 16.3 Å². The summed E-state index contributed by atoms with van der Waals surface area (Å²) in [6.07, 6.45) is 3.59. The van der Waals surface area contributed by atoms with Gasteiger partial charge in [-0.05, 0) is 23.5 Å². The molecule has 0 fully saturated rings. The average Bonchev–Trinajstić information content (AvgIpc) is 2.87. The number of imidazole rings is 1. The molecule has 5 nitrogen and oxygen atoms in total. The summed E-state index contributed by atoms with van der Waals surface area (Å²) in [5, 5.41) is 4.81. The largest absolute Gasteiger partial charge is 0.472 e. The van der Waals surface area contributed by atoms with Gasteiger partial charge in [-0.15, -0.1) is 5.10 Å². The molecule has 3 aromatic rings. The van der Waals surface area contributed by atoms with Gasteiger partial charge in [0.15, 0.2) is 0 Å². The molecule has 0 saturated carbocycles. The molecule has 16 heavy (non-hydrogen) atoms. The summed E-state index contributed by atoms with van der Waals surface area (Å²) in [7, 11) is 1.60. The predicted molar refractivity (Wildman–Crippen MR) is 60.6 cm³/mol. The Morgan fingerprint density at radius 3 is 2.94 bits per heavy atom. The summed E-state index contributed by atoms with van der Waals surface area (Å²) in [4.78, 5) is 9.47. The van der Waals surface area contributed by atoms with E-state index in [4.69, 9.17) is 4.74 Å². The van der Waals surface area contributed by atoms with Crippen LogP contribution in [0.1, 0.15) is 0 Å². The van der Waals surface area contributed by atoms with Crippen LogP contribution in [0.15, 0.2) is 30.6 Å². The normalized spacial score (nSPS) is 10.8. The van der Waals surface area contributed by atoms with Crippen molar-refractivity contribution in [3.63, 3.8) is 0 Å². The molecule has 0 spiro atoms. The van der Waals surface area contributed by atoms with Crippen molar-refractivity contribution in [2.75, 3.05) is 7.11 Å². The minimum Gasteiger partial charge on any atom is -0.472 e. The van der Waals surface area contributed by atoms with Gasteiger partial charge >= 0.3 is 0 Å². The van der Waals surface area contributed by atoms with E-state index in [1.807, 2.05) is 24.4 Å². The summed E-state index contributed by atoms with van der Waals surface area (Å²) in [6.45, 7) is 0. The van der Waals surface area contributed by atoms with Gasteiger partial charge < -0.3 is 4.74 Å². The molecule has 0 aliphatic rings. The topological polar surface area (TPSA) is 52.3 Å². The molecule has 0 saturated heterocycles. The number of pyridine rings is 1. The van der Waals surface area contributed by atoms with E-state index in [2.05, 4.69) is 15.1 Å². The molecule has 3 aromatic heterocycles. The Kier molecular flexibility index (Phi) is 2.07. The van der Waals surface area contributed by atoms with Crippen molar-refractivity contribution in [2.24, 2.45) is 0 Å². The van der Waals surface area contributed by atoms with Crippen LogP contribution in [0.25, 0.3) is 16.3 Å². The summed E-state index contributed by atoms with van der Waals surface area (Å²) in [5.74, 6) is 0. The molecule has 0 aliphatic heterocycles. The molecule has 0 radical (unpaired) electrons. The standard InChI is InChI=1S/C10H8N4OS/c1-15-10-13-14-6-8(12-9(14)16-10)7-4-2-3-5-11-7/h2-6H,1H3. The highest BCUT2D eigenvalue weighted by Gasteiger charge is 2.09. The average molecular weight is 232 g/mol. The SMILES string of the molecule is COc1nn2cc(-c3ccccn3)nc2s1. The Bertz CT molecular complexity index is 585. The molecule has 0 N–H and O–H groups in total. The first-order valence-electron chi connectivity index (χ1n) is 4.68. The van der Waals surface area contributed by atoms with Crippen LogP contribution in [0.5, 0.6) is 5.19 Å². The fraction of sp³-hybridized carbons (Fsp3) is 0.100. The maximum Gasteiger partial charge on any atom is 0.294 e. The first kappa shape index (κ1) is 9.29. The molecule has 0 amide bonds. The second kappa shape index (κ2) is 3.57. The summed E-state index contributed by atoms with van der Waals surface area (Å²) in [6, 6.07) is 5.73. The first-order chi connectivity index (χ1) is 7.86. The smallest absolute Gasteiger partial charge is 0.294 e. The molecule has 0 bridgehead atoms. The third-order valence-electron chi connectivity index (χ3n) is 2.13. The van der Waals surface area contributed by atoms with Crippen LogP contribution in [-0.2, 0) is 0 Å². The molecule has 0 atom stereocenters. The van der Waals surface area contributed by atoms with E-state index >= 15 is 0 Å². The molecule has 6 heteroatoms.